The van der Waals surface area contributed by atoms with Gasteiger partial charge in [-0.25, -0.2) is 0 Å². The smallest absolute Gasteiger partial charge is 0.227 e. The molecule has 152 valence electrons. The number of carbonyl (C=O) groups excluding carboxylic acids is 3. The number of halogens is 1. The van der Waals surface area contributed by atoms with Gasteiger partial charge in [0.15, 0.2) is 0 Å². The summed E-state index contributed by atoms with van der Waals surface area (Å²) in [5.74, 6) is -0.406. The van der Waals surface area contributed by atoms with Gasteiger partial charge in [0.2, 0.25) is 17.7 Å². The van der Waals surface area contributed by atoms with E-state index in [1.165, 1.54) is 0 Å². The van der Waals surface area contributed by atoms with Gasteiger partial charge in [-0.05, 0) is 45.7 Å². The Morgan fingerprint density at radius 3 is 2.32 bits per heavy atom. The molecule has 7 heteroatoms. The van der Waals surface area contributed by atoms with E-state index >= 15 is 0 Å². The summed E-state index contributed by atoms with van der Waals surface area (Å²) < 4.78 is 0. The molecule has 2 fully saturated rings. The fraction of sp³-hybridized carbons (Fsp3) is 0.571. The first-order valence-electron chi connectivity index (χ1n) is 9.81. The second-order valence-electron chi connectivity index (χ2n) is 8.64. The minimum atomic E-state index is -0.278. The van der Waals surface area contributed by atoms with E-state index in [0.717, 1.165) is 0 Å². The van der Waals surface area contributed by atoms with Gasteiger partial charge in [-0.15, -0.1) is 0 Å². The number of hydrogen-bond acceptors (Lipinski definition) is 3. The molecule has 2 aliphatic rings. The summed E-state index contributed by atoms with van der Waals surface area (Å²) in [6.45, 7) is 7.52. The van der Waals surface area contributed by atoms with Crippen molar-refractivity contribution in [1.82, 2.24) is 9.80 Å². The Kier molecular flexibility index (Phi) is 5.98. The third kappa shape index (κ3) is 4.49. The van der Waals surface area contributed by atoms with Crippen molar-refractivity contribution in [2.24, 2.45) is 11.8 Å². The number of para-hydroxylation sites is 1. The minimum absolute atomic E-state index is 0.0325. The lowest BCUT2D eigenvalue weighted by Gasteiger charge is -2.34. The van der Waals surface area contributed by atoms with Crippen LogP contribution in [-0.2, 0) is 14.4 Å². The van der Waals surface area contributed by atoms with Gasteiger partial charge in [0, 0.05) is 37.5 Å². The van der Waals surface area contributed by atoms with Crippen molar-refractivity contribution in [2.75, 3.05) is 25.0 Å². The summed E-state index contributed by atoms with van der Waals surface area (Å²) in [5.41, 5.74) is 0.343. The molecule has 1 unspecified atom stereocenters. The first kappa shape index (κ1) is 20.6. The van der Waals surface area contributed by atoms with Crippen LogP contribution < -0.4 is 5.32 Å². The normalized spacial score (nSPS) is 21.1. The van der Waals surface area contributed by atoms with E-state index in [4.69, 9.17) is 11.6 Å². The zero-order valence-corrected chi connectivity index (χ0v) is 17.5. The molecule has 0 aliphatic carbocycles. The highest BCUT2D eigenvalue weighted by Gasteiger charge is 2.41. The van der Waals surface area contributed by atoms with E-state index in [-0.39, 0.29) is 41.5 Å². The van der Waals surface area contributed by atoms with Gasteiger partial charge in [-0.2, -0.15) is 0 Å². The Morgan fingerprint density at radius 2 is 1.75 bits per heavy atom. The molecule has 0 radical (unpaired) electrons. The van der Waals surface area contributed by atoms with Crippen LogP contribution in [-0.4, -0.2) is 52.7 Å². The lowest BCUT2D eigenvalue weighted by atomic mass is 9.94. The molecular weight excluding hydrogens is 378 g/mol. The highest BCUT2D eigenvalue weighted by molar-refractivity contribution is 6.33. The molecule has 3 amide bonds. The van der Waals surface area contributed by atoms with Crippen molar-refractivity contribution in [3.63, 3.8) is 0 Å². The Morgan fingerprint density at radius 1 is 1.11 bits per heavy atom. The lowest BCUT2D eigenvalue weighted by molar-refractivity contribution is -0.138. The molecule has 0 aromatic heterocycles. The number of nitrogens with one attached hydrogen (secondary N) is 1. The van der Waals surface area contributed by atoms with E-state index in [9.17, 15) is 14.4 Å². The quantitative estimate of drug-likeness (QED) is 0.839. The van der Waals surface area contributed by atoms with Gasteiger partial charge in [0.05, 0.1) is 16.6 Å². The van der Waals surface area contributed by atoms with Crippen LogP contribution >= 0.6 is 11.6 Å². The van der Waals surface area contributed by atoms with Crippen molar-refractivity contribution in [1.29, 1.82) is 0 Å². The van der Waals surface area contributed by atoms with Crippen molar-refractivity contribution < 1.29 is 14.4 Å². The number of nitrogens with zero attached hydrogens (tertiary/aromatic N) is 2. The average Bonchev–Trinajstić information content (AvgIpc) is 3.05. The van der Waals surface area contributed by atoms with E-state index in [2.05, 4.69) is 5.32 Å². The van der Waals surface area contributed by atoms with Gasteiger partial charge in [-0.1, -0.05) is 23.7 Å². The Hall–Kier alpha value is -2.08. The summed E-state index contributed by atoms with van der Waals surface area (Å²) in [7, 11) is 0. The maximum Gasteiger partial charge on any atom is 0.227 e. The van der Waals surface area contributed by atoms with Crippen LogP contribution in [0.5, 0.6) is 0 Å². The molecule has 0 bridgehead atoms. The number of benzene rings is 1. The monoisotopic (exact) mass is 405 g/mol. The molecule has 1 N–H and O–H groups in total. The zero-order chi connectivity index (χ0) is 20.5. The van der Waals surface area contributed by atoms with Crippen LogP contribution in [0.15, 0.2) is 24.3 Å². The molecule has 2 aliphatic heterocycles. The second kappa shape index (κ2) is 8.11. The first-order valence-corrected chi connectivity index (χ1v) is 10.2. The SMILES string of the molecule is CC(C)(C)N1CC(C(=O)N2CCC(C(=O)Nc3ccccc3Cl)CC2)CC1=O. The minimum Gasteiger partial charge on any atom is -0.342 e. The Balaban J connectivity index is 1.52. The molecule has 1 aromatic carbocycles. The van der Waals surface area contributed by atoms with E-state index in [0.29, 0.717) is 43.2 Å². The number of amides is 3. The van der Waals surface area contributed by atoms with E-state index in [1.54, 1.807) is 17.0 Å². The summed E-state index contributed by atoms with van der Waals surface area (Å²) in [6, 6.07) is 7.16. The van der Waals surface area contributed by atoms with Crippen molar-refractivity contribution in [3.05, 3.63) is 29.3 Å². The highest BCUT2D eigenvalue weighted by atomic mass is 35.5. The third-order valence-electron chi connectivity index (χ3n) is 5.59. The van der Waals surface area contributed by atoms with Crippen LogP contribution in [0, 0.1) is 11.8 Å². The fourth-order valence-corrected chi connectivity index (χ4v) is 4.12. The second-order valence-corrected chi connectivity index (χ2v) is 9.05. The summed E-state index contributed by atoms with van der Waals surface area (Å²) in [4.78, 5) is 41.2. The van der Waals surface area contributed by atoms with Crippen molar-refractivity contribution in [3.8, 4) is 0 Å². The van der Waals surface area contributed by atoms with Gasteiger partial charge >= 0.3 is 0 Å². The number of anilines is 1. The first-order chi connectivity index (χ1) is 13.2. The largest absolute Gasteiger partial charge is 0.342 e. The van der Waals surface area contributed by atoms with Gasteiger partial charge in [0.1, 0.15) is 0 Å². The van der Waals surface area contributed by atoms with E-state index < -0.39 is 0 Å². The highest BCUT2D eigenvalue weighted by Crippen LogP contribution is 2.29. The molecule has 0 spiro atoms. The number of likely N-dealkylation sites (tertiary alicyclic amines) is 2. The van der Waals surface area contributed by atoms with E-state index in [1.807, 2.05) is 37.8 Å². The number of carbonyl (C=O) groups is 3. The third-order valence-corrected chi connectivity index (χ3v) is 5.92. The zero-order valence-electron chi connectivity index (χ0n) is 16.7. The summed E-state index contributed by atoms with van der Waals surface area (Å²) >= 11 is 6.10. The van der Waals surface area contributed by atoms with Crippen molar-refractivity contribution in [2.45, 2.75) is 45.6 Å². The topological polar surface area (TPSA) is 69.7 Å². The van der Waals surface area contributed by atoms with Gasteiger partial charge in [0.25, 0.3) is 0 Å². The van der Waals surface area contributed by atoms with Crippen LogP contribution in [0.4, 0.5) is 5.69 Å². The molecule has 28 heavy (non-hydrogen) atoms. The molecule has 1 atom stereocenters. The Labute approximate surface area is 171 Å². The average molecular weight is 406 g/mol. The molecule has 2 saturated heterocycles. The predicted molar refractivity (Wildman–Crippen MR) is 109 cm³/mol. The standard InChI is InChI=1S/C21H28ClN3O3/c1-21(2,3)25-13-15(12-18(25)26)20(28)24-10-8-14(9-11-24)19(27)23-17-7-5-4-6-16(17)22/h4-7,14-15H,8-13H2,1-3H3,(H,23,27). The number of hydrogen-bond donors (Lipinski definition) is 1. The number of piperidine rings is 1. The maximum absolute atomic E-state index is 12.9. The lowest BCUT2D eigenvalue weighted by Crippen LogP contribution is -2.46. The number of rotatable bonds is 3. The van der Waals surface area contributed by atoms with Gasteiger partial charge < -0.3 is 15.1 Å². The van der Waals surface area contributed by atoms with Gasteiger partial charge in [-0.3, -0.25) is 14.4 Å². The van der Waals surface area contributed by atoms with Crippen LogP contribution in [0.3, 0.4) is 0 Å². The molecule has 3 rings (SSSR count). The maximum atomic E-state index is 12.9. The van der Waals surface area contributed by atoms with Crippen molar-refractivity contribution >= 4 is 35.0 Å². The van der Waals surface area contributed by atoms with Crippen LogP contribution in [0.2, 0.25) is 5.02 Å². The van der Waals surface area contributed by atoms with Crippen LogP contribution in [0.1, 0.15) is 40.0 Å². The fourth-order valence-electron chi connectivity index (χ4n) is 3.94. The Bertz CT molecular complexity index is 766. The molecule has 6 nitrogen and oxygen atoms in total. The summed E-state index contributed by atoms with van der Waals surface area (Å²) in [5, 5.41) is 3.39. The molecule has 2 heterocycles. The van der Waals surface area contributed by atoms with Crippen LogP contribution in [0.25, 0.3) is 0 Å². The molecule has 1 aromatic rings. The summed E-state index contributed by atoms with van der Waals surface area (Å²) in [6.07, 6.45) is 1.51. The predicted octanol–water partition coefficient (Wildman–Crippen LogP) is 3.16. The molecular formula is C21H28ClN3O3. The molecule has 0 saturated carbocycles.